The van der Waals surface area contributed by atoms with Crippen molar-refractivity contribution >= 4 is 35.2 Å². The van der Waals surface area contributed by atoms with Crippen molar-refractivity contribution in [2.45, 2.75) is 45.4 Å². The molecule has 0 radical (unpaired) electrons. The Bertz CT molecular complexity index is 824. The number of esters is 1. The number of hydrogen-bond acceptors (Lipinski definition) is 6. The summed E-state index contributed by atoms with van der Waals surface area (Å²) in [4.78, 5) is 61.7. The maximum atomic E-state index is 12.4. The number of nitrogens with one attached hydrogen (secondary N) is 1. The predicted molar refractivity (Wildman–Crippen MR) is 107 cm³/mol. The largest absolute Gasteiger partial charge is 0.456 e. The number of likely N-dealkylation sites (tertiary alicyclic amines) is 1. The lowest BCUT2D eigenvalue weighted by atomic mass is 9.81. The first-order valence-electron chi connectivity index (χ1n) is 10.3. The molecular weight excluding hydrogens is 388 g/mol. The quantitative estimate of drug-likeness (QED) is 0.397. The maximum absolute atomic E-state index is 12.4. The lowest BCUT2D eigenvalue weighted by Crippen LogP contribution is -2.37. The van der Waals surface area contributed by atoms with E-state index in [1.165, 1.54) is 12.1 Å². The smallest absolute Gasteiger partial charge is 0.326 e. The summed E-state index contributed by atoms with van der Waals surface area (Å²) < 4.78 is 4.99. The van der Waals surface area contributed by atoms with Gasteiger partial charge in [-0.1, -0.05) is 19.8 Å². The number of benzene rings is 1. The van der Waals surface area contributed by atoms with Crippen molar-refractivity contribution in [3.8, 4) is 0 Å². The van der Waals surface area contributed by atoms with E-state index in [0.29, 0.717) is 30.5 Å². The van der Waals surface area contributed by atoms with Crippen molar-refractivity contribution < 1.29 is 28.7 Å². The van der Waals surface area contributed by atoms with Crippen LogP contribution < -0.4 is 5.32 Å². The topological polar surface area (TPSA) is 110 Å². The zero-order valence-corrected chi connectivity index (χ0v) is 17.0. The molecule has 160 valence electrons. The first-order chi connectivity index (χ1) is 14.4. The van der Waals surface area contributed by atoms with E-state index in [0.717, 1.165) is 24.2 Å². The molecule has 3 rings (SSSR count). The second-order valence-electron chi connectivity index (χ2n) is 7.72. The van der Waals surface area contributed by atoms with Crippen LogP contribution in [0.5, 0.6) is 0 Å². The van der Waals surface area contributed by atoms with Gasteiger partial charge in [0.15, 0.2) is 12.4 Å². The van der Waals surface area contributed by atoms with E-state index < -0.39 is 24.9 Å². The van der Waals surface area contributed by atoms with Gasteiger partial charge in [0.05, 0.1) is 11.8 Å². The van der Waals surface area contributed by atoms with E-state index in [2.05, 4.69) is 5.32 Å². The average molecular weight is 414 g/mol. The summed E-state index contributed by atoms with van der Waals surface area (Å²) >= 11 is 0. The van der Waals surface area contributed by atoms with Gasteiger partial charge in [0.1, 0.15) is 6.54 Å². The number of nitrogens with zero attached hydrogens (tertiary/aromatic N) is 1. The van der Waals surface area contributed by atoms with E-state index in [-0.39, 0.29) is 29.6 Å². The molecule has 1 aliphatic carbocycles. The van der Waals surface area contributed by atoms with Crippen molar-refractivity contribution in [2.75, 3.05) is 18.5 Å². The summed E-state index contributed by atoms with van der Waals surface area (Å²) in [5, 5.41) is 2.72. The summed E-state index contributed by atoms with van der Waals surface area (Å²) in [6.45, 7) is 0.967. The standard InChI is InChI=1S/C22H26N2O6/c1-2-5-19(26)23-15-10-8-14(9-11-15)18(25)13-30-20(27)12-24-21(28)16-6-3-4-7-17(16)22(24)29/h8-11,16-17H,2-7,12-13H2,1H3,(H,23,26)/t16-,17-/m1/s1. The van der Waals surface area contributed by atoms with E-state index >= 15 is 0 Å². The number of ether oxygens (including phenoxy) is 1. The Morgan fingerprint density at radius 3 is 2.20 bits per heavy atom. The Hall–Kier alpha value is -3.03. The summed E-state index contributed by atoms with van der Waals surface area (Å²) in [5.74, 6) is -2.57. The number of carbonyl (C=O) groups is 5. The van der Waals surface area contributed by atoms with Gasteiger partial charge in [-0.2, -0.15) is 0 Å². The second-order valence-corrected chi connectivity index (χ2v) is 7.72. The SMILES string of the molecule is CCCC(=O)Nc1ccc(C(=O)COC(=O)CN2C(=O)[C@@H]3CCCC[C@H]3C2=O)cc1. The molecule has 0 unspecified atom stereocenters. The van der Waals surface area contributed by atoms with Gasteiger partial charge in [-0.15, -0.1) is 0 Å². The molecule has 1 aromatic rings. The first-order valence-corrected chi connectivity index (χ1v) is 10.3. The third-order valence-electron chi connectivity index (χ3n) is 5.55. The highest BCUT2D eigenvalue weighted by atomic mass is 16.5. The van der Waals surface area contributed by atoms with Gasteiger partial charge < -0.3 is 10.1 Å². The second kappa shape index (κ2) is 9.65. The van der Waals surface area contributed by atoms with Crippen LogP contribution in [0.25, 0.3) is 0 Å². The summed E-state index contributed by atoms with van der Waals surface area (Å²) in [5.41, 5.74) is 0.908. The third kappa shape index (κ3) is 4.93. The normalized spacial score (nSPS) is 20.6. The number of hydrogen-bond donors (Lipinski definition) is 1. The van der Waals surface area contributed by atoms with Crippen molar-refractivity contribution in [3.63, 3.8) is 0 Å². The Morgan fingerprint density at radius 2 is 1.63 bits per heavy atom. The van der Waals surface area contributed by atoms with Gasteiger partial charge in [0.25, 0.3) is 0 Å². The monoisotopic (exact) mass is 414 g/mol. The highest BCUT2D eigenvalue weighted by Gasteiger charge is 2.48. The van der Waals surface area contributed by atoms with Gasteiger partial charge >= 0.3 is 5.97 Å². The molecule has 1 saturated carbocycles. The summed E-state index contributed by atoms with van der Waals surface area (Å²) in [6, 6.07) is 6.28. The van der Waals surface area contributed by atoms with E-state index in [1.807, 2.05) is 6.92 Å². The molecule has 1 saturated heterocycles. The number of carbonyl (C=O) groups excluding carboxylic acids is 5. The minimum Gasteiger partial charge on any atom is -0.456 e. The lowest BCUT2D eigenvalue weighted by molar-refractivity contribution is -0.152. The number of imide groups is 1. The molecule has 0 bridgehead atoms. The number of anilines is 1. The van der Waals surface area contributed by atoms with Crippen molar-refractivity contribution in [1.82, 2.24) is 4.90 Å². The predicted octanol–water partition coefficient (Wildman–Crippen LogP) is 2.33. The molecule has 2 fully saturated rings. The minimum atomic E-state index is -0.785. The van der Waals surface area contributed by atoms with Crippen LogP contribution in [0, 0.1) is 11.8 Å². The molecule has 8 nitrogen and oxygen atoms in total. The number of ketones is 1. The molecular formula is C22H26N2O6. The van der Waals surface area contributed by atoms with Gasteiger partial charge in [-0.3, -0.25) is 28.9 Å². The van der Waals surface area contributed by atoms with Crippen LogP contribution in [-0.2, 0) is 23.9 Å². The average Bonchev–Trinajstić information content (AvgIpc) is 2.98. The number of Topliss-reactive ketones (excluding diaryl/α,β-unsaturated/α-hetero) is 1. The molecule has 1 aromatic carbocycles. The molecule has 8 heteroatoms. The molecule has 2 aliphatic rings. The third-order valence-corrected chi connectivity index (χ3v) is 5.55. The molecule has 3 amide bonds. The first kappa shape index (κ1) is 21.7. The molecule has 1 aliphatic heterocycles. The van der Waals surface area contributed by atoms with Crippen molar-refractivity contribution in [2.24, 2.45) is 11.8 Å². The highest BCUT2D eigenvalue weighted by Crippen LogP contribution is 2.37. The van der Waals surface area contributed by atoms with Gasteiger partial charge in [0, 0.05) is 17.7 Å². The van der Waals surface area contributed by atoms with Gasteiger partial charge in [0.2, 0.25) is 17.7 Å². The van der Waals surface area contributed by atoms with E-state index in [1.54, 1.807) is 12.1 Å². The zero-order chi connectivity index (χ0) is 21.7. The van der Waals surface area contributed by atoms with Crippen LogP contribution in [0.4, 0.5) is 5.69 Å². The Labute approximate surface area is 174 Å². The van der Waals surface area contributed by atoms with Crippen molar-refractivity contribution in [3.05, 3.63) is 29.8 Å². The molecule has 2 atom stereocenters. The van der Waals surface area contributed by atoms with Crippen LogP contribution >= 0.6 is 0 Å². The highest BCUT2D eigenvalue weighted by molar-refractivity contribution is 6.07. The molecule has 1 N–H and O–H groups in total. The van der Waals surface area contributed by atoms with Crippen LogP contribution in [0.15, 0.2) is 24.3 Å². The van der Waals surface area contributed by atoms with Crippen LogP contribution in [0.2, 0.25) is 0 Å². The fraction of sp³-hybridized carbons (Fsp3) is 0.500. The fourth-order valence-corrected chi connectivity index (χ4v) is 3.98. The molecule has 1 heterocycles. The van der Waals surface area contributed by atoms with Crippen LogP contribution in [-0.4, -0.2) is 47.5 Å². The molecule has 0 aromatic heterocycles. The molecule has 0 spiro atoms. The van der Waals surface area contributed by atoms with Gasteiger partial charge in [-0.25, -0.2) is 0 Å². The van der Waals surface area contributed by atoms with E-state index in [9.17, 15) is 24.0 Å². The Balaban J connectivity index is 1.48. The number of amides is 3. The number of fused-ring (bicyclic) bond motifs is 1. The minimum absolute atomic E-state index is 0.101. The number of rotatable bonds is 8. The van der Waals surface area contributed by atoms with Gasteiger partial charge in [-0.05, 0) is 43.5 Å². The molecule has 30 heavy (non-hydrogen) atoms. The summed E-state index contributed by atoms with van der Waals surface area (Å²) in [6.07, 6.45) is 4.33. The Morgan fingerprint density at radius 1 is 1.03 bits per heavy atom. The van der Waals surface area contributed by atoms with E-state index in [4.69, 9.17) is 4.74 Å². The Kier molecular flexibility index (Phi) is 6.97. The van der Waals surface area contributed by atoms with Crippen LogP contribution in [0.3, 0.4) is 0 Å². The lowest BCUT2D eigenvalue weighted by Gasteiger charge is -2.19. The zero-order valence-electron chi connectivity index (χ0n) is 17.0. The maximum Gasteiger partial charge on any atom is 0.326 e. The van der Waals surface area contributed by atoms with Crippen molar-refractivity contribution in [1.29, 1.82) is 0 Å². The summed E-state index contributed by atoms with van der Waals surface area (Å²) in [7, 11) is 0. The van der Waals surface area contributed by atoms with Crippen LogP contribution in [0.1, 0.15) is 55.8 Å². The fourth-order valence-electron chi connectivity index (χ4n) is 3.98.